The second kappa shape index (κ2) is 7.36. The van der Waals surface area contributed by atoms with Gasteiger partial charge in [0.2, 0.25) is 0 Å². The summed E-state index contributed by atoms with van der Waals surface area (Å²) in [6, 6.07) is 0. The van der Waals surface area contributed by atoms with Crippen molar-refractivity contribution in [1.29, 1.82) is 0 Å². The molecule has 4 heteroatoms. The first-order chi connectivity index (χ1) is 4.00. The Hall–Kier alpha value is -0.640. The molecule has 0 aromatic rings. The van der Waals surface area contributed by atoms with E-state index in [-0.39, 0.29) is 0 Å². The monoisotopic (exact) mass is 150 g/mol. The second-order valence-electron chi connectivity index (χ2n) is 1.28. The van der Waals surface area contributed by atoms with Gasteiger partial charge in [0.15, 0.2) is 0 Å². The lowest BCUT2D eigenvalue weighted by Crippen LogP contribution is -1.82. The normalized spacial score (nSPS) is 7.44. The van der Waals surface area contributed by atoms with E-state index in [1.54, 1.807) is 12.5 Å². The standard InChI is InChI=1S/C3H4O2.C2H6OS/c1-2-3(4)5;1-4(2)3/h2H,1H2,(H,4,5);1-2H3. The Kier molecular flexibility index (Phi) is 9.16. The summed E-state index contributed by atoms with van der Waals surface area (Å²) in [5.41, 5.74) is 0. The van der Waals surface area contributed by atoms with Crippen LogP contribution in [0.1, 0.15) is 0 Å². The zero-order valence-corrected chi connectivity index (χ0v) is 6.27. The third kappa shape index (κ3) is 114. The van der Waals surface area contributed by atoms with E-state index in [0.717, 1.165) is 6.08 Å². The molecule has 0 aliphatic rings. The van der Waals surface area contributed by atoms with E-state index in [1.165, 1.54) is 0 Å². The predicted octanol–water partition coefficient (Wildman–Crippen LogP) is 0.252. The van der Waals surface area contributed by atoms with Gasteiger partial charge in [0.05, 0.1) is 0 Å². The summed E-state index contributed by atoms with van der Waals surface area (Å²) in [5.74, 6) is -0.981. The number of carboxylic acid groups (broad SMARTS) is 1. The molecule has 0 rings (SSSR count). The number of carbonyl (C=O) groups is 1. The Morgan fingerprint density at radius 2 is 1.78 bits per heavy atom. The minimum absolute atomic E-state index is 0.611. The van der Waals surface area contributed by atoms with Crippen LogP contribution in [-0.2, 0) is 15.6 Å². The third-order valence-electron chi connectivity index (χ3n) is 0.175. The highest BCUT2D eigenvalue weighted by Crippen LogP contribution is 1.54. The molecule has 0 aromatic carbocycles. The number of rotatable bonds is 1. The van der Waals surface area contributed by atoms with Crippen LogP contribution in [0, 0.1) is 0 Å². The van der Waals surface area contributed by atoms with Crippen molar-refractivity contribution in [3.05, 3.63) is 12.7 Å². The van der Waals surface area contributed by atoms with Crippen molar-refractivity contribution in [2.75, 3.05) is 12.5 Å². The lowest BCUT2D eigenvalue weighted by atomic mass is 10.7. The minimum atomic E-state index is -0.981. The van der Waals surface area contributed by atoms with E-state index in [1.807, 2.05) is 0 Å². The average molecular weight is 150 g/mol. The summed E-state index contributed by atoms with van der Waals surface area (Å²) < 4.78 is 9.56. The first kappa shape index (κ1) is 11.2. The molecule has 3 nitrogen and oxygen atoms in total. The molecule has 0 atom stereocenters. The molecule has 0 fully saturated rings. The molecule has 0 saturated heterocycles. The number of aliphatic carboxylic acids is 1. The van der Waals surface area contributed by atoms with Gasteiger partial charge >= 0.3 is 5.97 Å². The van der Waals surface area contributed by atoms with Gasteiger partial charge in [0.1, 0.15) is 0 Å². The third-order valence-corrected chi connectivity index (χ3v) is 0.175. The summed E-state index contributed by atoms with van der Waals surface area (Å²) in [4.78, 5) is 9.25. The molecule has 9 heavy (non-hydrogen) atoms. The zero-order valence-electron chi connectivity index (χ0n) is 5.46. The Morgan fingerprint density at radius 1 is 1.67 bits per heavy atom. The topological polar surface area (TPSA) is 54.4 Å². The van der Waals surface area contributed by atoms with Crippen LogP contribution in [0.15, 0.2) is 12.7 Å². The van der Waals surface area contributed by atoms with Crippen molar-refractivity contribution in [2.24, 2.45) is 0 Å². The maximum atomic E-state index is 9.56. The molecular weight excluding hydrogens is 140 g/mol. The quantitative estimate of drug-likeness (QED) is 0.545. The van der Waals surface area contributed by atoms with Crippen LogP contribution in [-0.4, -0.2) is 27.8 Å². The van der Waals surface area contributed by atoms with Gasteiger partial charge in [-0.1, -0.05) is 6.58 Å². The molecule has 0 radical (unpaired) electrons. The molecule has 0 unspecified atom stereocenters. The summed E-state index contributed by atoms with van der Waals surface area (Å²) in [7, 11) is -0.611. The molecular formula is C5H10O3S. The smallest absolute Gasteiger partial charge is 0.327 e. The molecule has 0 aliphatic heterocycles. The number of carboxylic acids is 1. The van der Waals surface area contributed by atoms with Crippen molar-refractivity contribution in [3.8, 4) is 0 Å². The number of hydrogen-bond acceptors (Lipinski definition) is 2. The molecule has 0 heterocycles. The molecule has 0 saturated carbocycles. The van der Waals surface area contributed by atoms with E-state index in [2.05, 4.69) is 6.58 Å². The summed E-state index contributed by atoms with van der Waals surface area (Å²) in [6.07, 6.45) is 4.11. The van der Waals surface area contributed by atoms with Crippen LogP contribution in [0.25, 0.3) is 0 Å². The Labute approximate surface area is 56.8 Å². The lowest BCUT2D eigenvalue weighted by Gasteiger charge is -1.64. The second-order valence-corrected chi connectivity index (χ2v) is 2.77. The summed E-state index contributed by atoms with van der Waals surface area (Å²) >= 11 is 0. The molecule has 0 aromatic heterocycles. The van der Waals surface area contributed by atoms with Gasteiger partial charge in [-0.2, -0.15) is 0 Å². The Balaban J connectivity index is 0. The van der Waals surface area contributed by atoms with E-state index in [9.17, 15) is 9.00 Å². The molecule has 54 valence electrons. The highest BCUT2D eigenvalue weighted by Gasteiger charge is 1.73. The van der Waals surface area contributed by atoms with Gasteiger partial charge in [0, 0.05) is 29.4 Å². The Morgan fingerprint density at radius 3 is 1.78 bits per heavy atom. The van der Waals surface area contributed by atoms with Gasteiger partial charge in [0.25, 0.3) is 0 Å². The van der Waals surface area contributed by atoms with Gasteiger partial charge in [-0.05, 0) is 0 Å². The molecule has 0 amide bonds. The minimum Gasteiger partial charge on any atom is -0.478 e. The summed E-state index contributed by atoms with van der Waals surface area (Å²) in [5, 5.41) is 7.60. The molecule has 0 spiro atoms. The highest BCUT2D eigenvalue weighted by atomic mass is 32.2. The first-order valence-corrected chi connectivity index (χ1v) is 4.07. The van der Waals surface area contributed by atoms with Crippen molar-refractivity contribution in [3.63, 3.8) is 0 Å². The van der Waals surface area contributed by atoms with E-state index < -0.39 is 16.8 Å². The van der Waals surface area contributed by atoms with Gasteiger partial charge in [-0.3, -0.25) is 4.21 Å². The molecule has 0 bridgehead atoms. The van der Waals surface area contributed by atoms with Gasteiger partial charge in [-0.15, -0.1) is 0 Å². The van der Waals surface area contributed by atoms with Crippen LogP contribution >= 0.6 is 0 Å². The number of hydrogen-bond donors (Lipinski definition) is 1. The molecule has 0 aliphatic carbocycles. The maximum Gasteiger partial charge on any atom is 0.327 e. The van der Waals surface area contributed by atoms with Crippen molar-refractivity contribution < 1.29 is 14.1 Å². The Bertz CT molecular complexity index is 115. The van der Waals surface area contributed by atoms with E-state index in [4.69, 9.17) is 5.11 Å². The lowest BCUT2D eigenvalue weighted by molar-refractivity contribution is -0.131. The average Bonchev–Trinajstić information content (AvgIpc) is 1.65. The van der Waals surface area contributed by atoms with E-state index in [0.29, 0.717) is 0 Å². The van der Waals surface area contributed by atoms with Crippen molar-refractivity contribution in [2.45, 2.75) is 0 Å². The van der Waals surface area contributed by atoms with Gasteiger partial charge in [-0.25, -0.2) is 4.79 Å². The fraction of sp³-hybridized carbons (Fsp3) is 0.400. The zero-order chi connectivity index (χ0) is 7.86. The van der Waals surface area contributed by atoms with Crippen LogP contribution in [0.5, 0.6) is 0 Å². The van der Waals surface area contributed by atoms with Crippen LogP contribution in [0.3, 0.4) is 0 Å². The van der Waals surface area contributed by atoms with E-state index >= 15 is 0 Å². The fourth-order valence-corrected chi connectivity index (χ4v) is 0. The van der Waals surface area contributed by atoms with Crippen molar-refractivity contribution in [1.82, 2.24) is 0 Å². The van der Waals surface area contributed by atoms with Crippen LogP contribution < -0.4 is 0 Å². The highest BCUT2D eigenvalue weighted by molar-refractivity contribution is 7.83. The fourth-order valence-electron chi connectivity index (χ4n) is 0. The largest absolute Gasteiger partial charge is 0.478 e. The maximum absolute atomic E-state index is 9.56. The van der Waals surface area contributed by atoms with Gasteiger partial charge < -0.3 is 5.11 Å². The molecule has 1 N–H and O–H groups in total. The van der Waals surface area contributed by atoms with Crippen LogP contribution in [0.4, 0.5) is 0 Å². The first-order valence-electron chi connectivity index (χ1n) is 2.11. The van der Waals surface area contributed by atoms with Crippen molar-refractivity contribution >= 4 is 16.8 Å². The predicted molar refractivity (Wildman–Crippen MR) is 37.8 cm³/mol. The SMILES string of the molecule is C=CC(=O)O.CS(C)=O. The summed E-state index contributed by atoms with van der Waals surface area (Å²) in [6.45, 7) is 2.96. The van der Waals surface area contributed by atoms with Crippen LogP contribution in [0.2, 0.25) is 0 Å².